The number of amides is 1. The van der Waals surface area contributed by atoms with Gasteiger partial charge in [0, 0.05) is 24.8 Å². The van der Waals surface area contributed by atoms with Crippen molar-refractivity contribution in [1.29, 1.82) is 0 Å². The van der Waals surface area contributed by atoms with Crippen LogP contribution >= 0.6 is 12.4 Å². The van der Waals surface area contributed by atoms with Crippen LogP contribution in [0.4, 0.5) is 0 Å². The summed E-state index contributed by atoms with van der Waals surface area (Å²) in [4.78, 5) is 12.7. The fourth-order valence-corrected chi connectivity index (χ4v) is 3.74. The minimum atomic E-state index is -0.320. The Morgan fingerprint density at radius 1 is 1.48 bits per heavy atom. The first kappa shape index (κ1) is 16.3. The smallest absolute Gasteiger partial charge is 0.227 e. The van der Waals surface area contributed by atoms with Crippen LogP contribution in [0.1, 0.15) is 55.8 Å². The first-order valence-corrected chi connectivity index (χ1v) is 7.68. The molecule has 0 bridgehead atoms. The van der Waals surface area contributed by atoms with Gasteiger partial charge in [0.15, 0.2) is 0 Å². The van der Waals surface area contributed by atoms with Crippen molar-refractivity contribution >= 4 is 18.3 Å². The molecule has 1 saturated carbocycles. The molecule has 1 heterocycles. The van der Waals surface area contributed by atoms with Gasteiger partial charge in [-0.3, -0.25) is 9.48 Å². The number of rotatable bonds is 3. The van der Waals surface area contributed by atoms with Crippen LogP contribution in [0, 0.1) is 5.41 Å². The molecule has 1 aromatic rings. The number of fused-ring (bicyclic) bond motifs is 1. The summed E-state index contributed by atoms with van der Waals surface area (Å²) in [6.07, 6.45) is 9.17. The Labute approximate surface area is 132 Å². The van der Waals surface area contributed by atoms with E-state index in [0.717, 1.165) is 44.9 Å². The quantitative estimate of drug-likeness (QED) is 0.894. The van der Waals surface area contributed by atoms with E-state index in [1.807, 2.05) is 17.9 Å². The lowest BCUT2D eigenvalue weighted by atomic mass is 9.84. The van der Waals surface area contributed by atoms with Gasteiger partial charge >= 0.3 is 0 Å². The zero-order chi connectivity index (χ0) is 14.2. The van der Waals surface area contributed by atoms with Crippen molar-refractivity contribution in [3.05, 3.63) is 17.5 Å². The molecule has 3 rings (SSSR count). The highest BCUT2D eigenvalue weighted by Gasteiger charge is 2.41. The second-order valence-electron chi connectivity index (χ2n) is 6.28. The average Bonchev–Trinajstić information content (AvgIpc) is 3.08. The van der Waals surface area contributed by atoms with E-state index in [2.05, 4.69) is 10.4 Å². The number of carbonyl (C=O) groups is 1. The molecule has 5 nitrogen and oxygen atoms in total. The number of nitrogens with zero attached hydrogens (tertiary/aromatic N) is 2. The minimum absolute atomic E-state index is 0. The molecule has 0 aromatic carbocycles. The summed E-state index contributed by atoms with van der Waals surface area (Å²) >= 11 is 0. The van der Waals surface area contributed by atoms with Gasteiger partial charge in [-0.2, -0.15) is 5.10 Å². The number of nitrogens with one attached hydrogen (secondary N) is 1. The molecule has 6 heteroatoms. The zero-order valence-corrected chi connectivity index (χ0v) is 13.4. The Kier molecular flexibility index (Phi) is 4.94. The van der Waals surface area contributed by atoms with E-state index >= 15 is 0 Å². The summed E-state index contributed by atoms with van der Waals surface area (Å²) in [5, 5.41) is 7.58. The largest absolute Gasteiger partial charge is 0.349 e. The molecular formula is C15H25ClN4O. The van der Waals surface area contributed by atoms with Crippen LogP contribution in [-0.4, -0.2) is 22.2 Å². The van der Waals surface area contributed by atoms with Crippen molar-refractivity contribution in [1.82, 2.24) is 15.1 Å². The second-order valence-corrected chi connectivity index (χ2v) is 6.28. The summed E-state index contributed by atoms with van der Waals surface area (Å²) < 4.78 is 1.93. The van der Waals surface area contributed by atoms with Crippen molar-refractivity contribution in [2.75, 3.05) is 6.54 Å². The first-order valence-electron chi connectivity index (χ1n) is 7.68. The molecule has 1 amide bonds. The molecule has 1 fully saturated rings. The third-order valence-corrected chi connectivity index (χ3v) is 5.11. The Bertz CT molecular complexity index is 508. The van der Waals surface area contributed by atoms with Gasteiger partial charge < -0.3 is 11.1 Å². The molecule has 2 aliphatic carbocycles. The number of hydrogen-bond donors (Lipinski definition) is 2. The number of hydrogen-bond acceptors (Lipinski definition) is 3. The zero-order valence-electron chi connectivity index (χ0n) is 12.6. The summed E-state index contributed by atoms with van der Waals surface area (Å²) in [7, 11) is 1.97. The summed E-state index contributed by atoms with van der Waals surface area (Å²) in [6.45, 7) is 0.464. The van der Waals surface area contributed by atoms with E-state index in [0.29, 0.717) is 6.54 Å². The Morgan fingerprint density at radius 3 is 2.86 bits per heavy atom. The SMILES string of the molecule is Cl.Cn1ncc2c1CCCC2NC(=O)C1(CN)CCCC1. The topological polar surface area (TPSA) is 72.9 Å². The van der Waals surface area contributed by atoms with Crippen LogP contribution < -0.4 is 11.1 Å². The Balaban J connectivity index is 0.00000161. The van der Waals surface area contributed by atoms with Crippen LogP contribution in [0.3, 0.4) is 0 Å². The van der Waals surface area contributed by atoms with E-state index in [4.69, 9.17) is 5.73 Å². The molecule has 3 N–H and O–H groups in total. The summed E-state index contributed by atoms with van der Waals surface area (Å²) in [5.41, 5.74) is 8.03. The van der Waals surface area contributed by atoms with Crippen LogP contribution in [0.2, 0.25) is 0 Å². The average molecular weight is 313 g/mol. The van der Waals surface area contributed by atoms with Gasteiger partial charge in [-0.1, -0.05) is 12.8 Å². The van der Waals surface area contributed by atoms with E-state index < -0.39 is 0 Å². The molecule has 0 radical (unpaired) electrons. The molecule has 0 aliphatic heterocycles. The van der Waals surface area contributed by atoms with Crippen molar-refractivity contribution in [3.63, 3.8) is 0 Å². The van der Waals surface area contributed by atoms with E-state index in [1.165, 1.54) is 11.3 Å². The van der Waals surface area contributed by atoms with E-state index in [1.54, 1.807) is 0 Å². The Hall–Kier alpha value is -1.07. The van der Waals surface area contributed by atoms with Crippen molar-refractivity contribution in [3.8, 4) is 0 Å². The maximum Gasteiger partial charge on any atom is 0.227 e. The van der Waals surface area contributed by atoms with Crippen LogP contribution in [-0.2, 0) is 18.3 Å². The molecule has 0 spiro atoms. The normalized spacial score (nSPS) is 23.2. The van der Waals surface area contributed by atoms with Crippen LogP contribution in [0.15, 0.2) is 6.20 Å². The standard InChI is InChI=1S/C15H24N4O.ClH/c1-19-13-6-4-5-12(11(13)9-17-19)18-14(20)15(10-16)7-2-3-8-15;/h9,12H,2-8,10,16H2,1H3,(H,18,20);1H. The number of aromatic nitrogens is 2. The third kappa shape index (κ3) is 2.81. The third-order valence-electron chi connectivity index (χ3n) is 5.11. The highest BCUT2D eigenvalue weighted by Crippen LogP contribution is 2.38. The highest BCUT2D eigenvalue weighted by molar-refractivity contribution is 5.85. The number of halogens is 1. The summed E-state index contributed by atoms with van der Waals surface area (Å²) in [5.74, 6) is 0.152. The molecule has 2 aliphatic rings. The van der Waals surface area contributed by atoms with Gasteiger partial charge in [0.05, 0.1) is 17.7 Å². The second kappa shape index (κ2) is 6.36. The number of nitrogens with two attached hydrogens (primary N) is 1. The molecule has 0 saturated heterocycles. The van der Waals surface area contributed by atoms with Crippen molar-refractivity contribution in [2.45, 2.75) is 51.0 Å². The molecule has 118 valence electrons. The minimum Gasteiger partial charge on any atom is -0.349 e. The van der Waals surface area contributed by atoms with Gasteiger partial charge in [0.1, 0.15) is 0 Å². The predicted octanol–water partition coefficient (Wildman–Crippen LogP) is 1.85. The predicted molar refractivity (Wildman–Crippen MR) is 84.2 cm³/mol. The lowest BCUT2D eigenvalue weighted by Crippen LogP contribution is -2.45. The van der Waals surface area contributed by atoms with Crippen LogP contribution in [0.25, 0.3) is 0 Å². The van der Waals surface area contributed by atoms with Crippen LogP contribution in [0.5, 0.6) is 0 Å². The first-order chi connectivity index (χ1) is 9.66. The van der Waals surface area contributed by atoms with Gasteiger partial charge in [0.2, 0.25) is 5.91 Å². The maximum absolute atomic E-state index is 12.7. The maximum atomic E-state index is 12.7. The fraction of sp³-hybridized carbons (Fsp3) is 0.733. The fourth-order valence-electron chi connectivity index (χ4n) is 3.74. The summed E-state index contributed by atoms with van der Waals surface area (Å²) in [6, 6.07) is 0.115. The number of carbonyl (C=O) groups excluding carboxylic acids is 1. The van der Waals surface area contributed by atoms with E-state index in [-0.39, 0.29) is 29.8 Å². The monoisotopic (exact) mass is 312 g/mol. The van der Waals surface area contributed by atoms with Gasteiger partial charge in [-0.15, -0.1) is 12.4 Å². The van der Waals surface area contributed by atoms with Gasteiger partial charge in [-0.25, -0.2) is 0 Å². The number of aryl methyl sites for hydroxylation is 1. The van der Waals surface area contributed by atoms with Crippen molar-refractivity contribution in [2.24, 2.45) is 18.2 Å². The van der Waals surface area contributed by atoms with E-state index in [9.17, 15) is 4.79 Å². The molecule has 1 atom stereocenters. The lowest BCUT2D eigenvalue weighted by Gasteiger charge is -2.30. The molecule has 21 heavy (non-hydrogen) atoms. The lowest BCUT2D eigenvalue weighted by molar-refractivity contribution is -0.131. The molecular weight excluding hydrogens is 288 g/mol. The molecule has 1 aromatic heterocycles. The van der Waals surface area contributed by atoms with Crippen molar-refractivity contribution < 1.29 is 4.79 Å². The van der Waals surface area contributed by atoms with Gasteiger partial charge in [0.25, 0.3) is 0 Å². The Morgan fingerprint density at radius 2 is 2.19 bits per heavy atom. The molecule has 1 unspecified atom stereocenters. The highest BCUT2D eigenvalue weighted by atomic mass is 35.5. The van der Waals surface area contributed by atoms with Gasteiger partial charge in [-0.05, 0) is 32.1 Å².